The van der Waals surface area contributed by atoms with Crippen LogP contribution in [0.25, 0.3) is 0 Å². The van der Waals surface area contributed by atoms with E-state index in [4.69, 9.17) is 4.74 Å². The van der Waals surface area contributed by atoms with E-state index in [-0.39, 0.29) is 23.6 Å². The maximum atomic E-state index is 15.0. The lowest BCUT2D eigenvalue weighted by atomic mass is 9.63. The third-order valence-electron chi connectivity index (χ3n) is 7.73. The monoisotopic (exact) mass is 528 g/mol. The van der Waals surface area contributed by atoms with Crippen LogP contribution in [0.1, 0.15) is 78.8 Å². The fourth-order valence-electron chi connectivity index (χ4n) is 6.00. The van der Waals surface area contributed by atoms with Crippen LogP contribution >= 0.6 is 0 Å². The van der Waals surface area contributed by atoms with E-state index in [9.17, 15) is 26.7 Å². The highest BCUT2D eigenvalue weighted by atomic mass is 19.4. The molecule has 37 heavy (non-hydrogen) atoms. The Morgan fingerprint density at radius 3 is 2.08 bits per heavy atom. The first kappa shape index (κ1) is 27.2. The fraction of sp³-hybridized carbons (Fsp3) is 0.464. The highest BCUT2D eigenvalue weighted by molar-refractivity contribution is 5.91. The molecule has 0 saturated heterocycles. The van der Waals surface area contributed by atoms with Gasteiger partial charge in [-0.15, -0.1) is 6.58 Å². The van der Waals surface area contributed by atoms with Crippen LogP contribution in [0.5, 0.6) is 5.75 Å². The van der Waals surface area contributed by atoms with Gasteiger partial charge in [0, 0.05) is 17.7 Å². The van der Waals surface area contributed by atoms with Gasteiger partial charge in [-0.3, -0.25) is 0 Å². The Morgan fingerprint density at radius 1 is 0.892 bits per heavy atom. The molecule has 2 aliphatic rings. The van der Waals surface area contributed by atoms with Crippen molar-refractivity contribution < 1.29 is 40.3 Å². The molecular weight excluding hydrogens is 501 g/mol. The molecule has 2 nitrogen and oxygen atoms in total. The number of ether oxygens (including phenoxy) is 1. The molecule has 4 atom stereocenters. The van der Waals surface area contributed by atoms with Gasteiger partial charge in [-0.25, -0.2) is 22.4 Å². The molecule has 0 heterocycles. The van der Waals surface area contributed by atoms with Crippen molar-refractivity contribution in [3.8, 4) is 5.75 Å². The summed E-state index contributed by atoms with van der Waals surface area (Å²) in [4.78, 5) is 12.4. The number of rotatable bonds is 6. The van der Waals surface area contributed by atoms with E-state index in [0.717, 1.165) is 50.7 Å². The Kier molecular flexibility index (Phi) is 7.99. The number of hydrogen-bond acceptors (Lipinski definition) is 2. The number of carbonyl (C=O) groups is 1. The van der Waals surface area contributed by atoms with Crippen molar-refractivity contribution in [3.63, 3.8) is 0 Å². The first-order valence-corrected chi connectivity index (χ1v) is 12.4. The van der Waals surface area contributed by atoms with Gasteiger partial charge in [-0.1, -0.05) is 12.5 Å². The molecule has 2 aliphatic carbocycles. The Labute approximate surface area is 210 Å². The Balaban J connectivity index is 1.46. The van der Waals surface area contributed by atoms with E-state index in [2.05, 4.69) is 6.58 Å². The summed E-state index contributed by atoms with van der Waals surface area (Å²) in [5, 5.41) is 0. The molecule has 9 heteroatoms. The van der Waals surface area contributed by atoms with Gasteiger partial charge in [0.2, 0.25) is 0 Å². The molecule has 0 radical (unpaired) electrons. The summed E-state index contributed by atoms with van der Waals surface area (Å²) in [5.74, 6) is -6.81. The lowest BCUT2D eigenvalue weighted by Crippen LogP contribution is -2.31. The standard InChI is InChI=1S/C28H27F7O2/c1-2-3-4-15-5-6-17-10-18(8-7-16(17)9-15)25-21(29)11-19(12-22(25)30)27(36)37-20-13-23(31)26(24(32)14-20)28(33,34)35/h2,11-18H,1,3-10H2. The molecule has 0 amide bonds. The topological polar surface area (TPSA) is 26.3 Å². The van der Waals surface area contributed by atoms with Crippen molar-refractivity contribution in [3.05, 3.63) is 76.9 Å². The third-order valence-corrected chi connectivity index (χ3v) is 7.73. The van der Waals surface area contributed by atoms with Gasteiger partial charge in [-0.2, -0.15) is 13.2 Å². The first-order valence-electron chi connectivity index (χ1n) is 12.4. The summed E-state index contributed by atoms with van der Waals surface area (Å²) < 4.78 is 100. The molecule has 2 aromatic carbocycles. The van der Waals surface area contributed by atoms with E-state index in [1.807, 2.05) is 6.08 Å². The average Bonchev–Trinajstić information content (AvgIpc) is 2.80. The molecule has 200 valence electrons. The predicted octanol–water partition coefficient (Wildman–Crippen LogP) is 8.75. The summed E-state index contributed by atoms with van der Waals surface area (Å²) in [5.41, 5.74) is -2.79. The minimum absolute atomic E-state index is 0.101. The van der Waals surface area contributed by atoms with Crippen LogP contribution in [-0.2, 0) is 6.18 Å². The normalized spacial score (nSPS) is 23.9. The number of allylic oxidation sites excluding steroid dienone is 1. The molecule has 0 bridgehead atoms. The zero-order valence-corrected chi connectivity index (χ0v) is 20.0. The summed E-state index contributed by atoms with van der Waals surface area (Å²) in [6.45, 7) is 3.78. The largest absolute Gasteiger partial charge is 0.423 e. The van der Waals surface area contributed by atoms with Crippen molar-refractivity contribution in [2.45, 2.75) is 63.5 Å². The number of fused-ring (bicyclic) bond motifs is 1. The van der Waals surface area contributed by atoms with Gasteiger partial charge >= 0.3 is 12.1 Å². The van der Waals surface area contributed by atoms with Crippen LogP contribution < -0.4 is 4.74 Å². The van der Waals surface area contributed by atoms with Crippen LogP contribution in [0, 0.1) is 41.0 Å². The summed E-state index contributed by atoms with van der Waals surface area (Å²) in [6, 6.07) is 1.95. The molecule has 2 aromatic rings. The van der Waals surface area contributed by atoms with Gasteiger partial charge in [0.05, 0.1) is 5.56 Å². The zero-order valence-electron chi connectivity index (χ0n) is 20.0. The van der Waals surface area contributed by atoms with Crippen molar-refractivity contribution in [1.82, 2.24) is 0 Å². The van der Waals surface area contributed by atoms with Crippen molar-refractivity contribution in [2.24, 2.45) is 17.8 Å². The molecule has 2 fully saturated rings. The van der Waals surface area contributed by atoms with Gasteiger partial charge < -0.3 is 4.74 Å². The SMILES string of the molecule is C=CCCC1CCC2CC(c3c(F)cc(C(=O)Oc4cc(F)c(C(F)(F)F)c(F)c4)cc3F)CCC2C1. The van der Waals surface area contributed by atoms with E-state index in [1.165, 1.54) is 0 Å². The quantitative estimate of drug-likeness (QED) is 0.162. The van der Waals surface area contributed by atoms with Crippen LogP contribution in [0.2, 0.25) is 0 Å². The van der Waals surface area contributed by atoms with Crippen LogP contribution in [0.3, 0.4) is 0 Å². The molecule has 0 N–H and O–H groups in total. The zero-order chi connectivity index (χ0) is 26.9. The van der Waals surface area contributed by atoms with Gasteiger partial charge in [-0.05, 0) is 80.8 Å². The molecule has 0 aliphatic heterocycles. The van der Waals surface area contributed by atoms with Gasteiger partial charge in [0.1, 0.15) is 34.6 Å². The number of carbonyl (C=O) groups excluding carboxylic acids is 1. The minimum atomic E-state index is -5.29. The van der Waals surface area contributed by atoms with E-state index in [1.54, 1.807) is 0 Å². The highest BCUT2D eigenvalue weighted by Crippen LogP contribution is 2.49. The molecule has 4 rings (SSSR count). The molecule has 4 unspecified atom stereocenters. The Bertz CT molecular complexity index is 1130. The van der Waals surface area contributed by atoms with Crippen LogP contribution in [-0.4, -0.2) is 5.97 Å². The lowest BCUT2D eigenvalue weighted by molar-refractivity contribution is -0.142. The van der Waals surface area contributed by atoms with E-state index < -0.39 is 52.3 Å². The summed E-state index contributed by atoms with van der Waals surface area (Å²) >= 11 is 0. The molecule has 0 aromatic heterocycles. The Morgan fingerprint density at radius 2 is 1.49 bits per heavy atom. The maximum Gasteiger partial charge on any atom is 0.422 e. The smallest absolute Gasteiger partial charge is 0.422 e. The second-order valence-electron chi connectivity index (χ2n) is 10.1. The number of hydrogen-bond donors (Lipinski definition) is 0. The number of benzene rings is 2. The highest BCUT2D eigenvalue weighted by Gasteiger charge is 2.39. The molecule has 0 spiro atoms. The second kappa shape index (κ2) is 10.9. The maximum absolute atomic E-state index is 15.0. The van der Waals surface area contributed by atoms with E-state index in [0.29, 0.717) is 30.6 Å². The Hall–Kier alpha value is -2.84. The summed E-state index contributed by atoms with van der Waals surface area (Å²) in [7, 11) is 0. The van der Waals surface area contributed by atoms with Crippen molar-refractivity contribution >= 4 is 5.97 Å². The minimum Gasteiger partial charge on any atom is -0.423 e. The number of halogens is 7. The van der Waals surface area contributed by atoms with E-state index >= 15 is 8.78 Å². The van der Waals surface area contributed by atoms with Crippen molar-refractivity contribution in [2.75, 3.05) is 0 Å². The number of esters is 1. The summed E-state index contributed by atoms with van der Waals surface area (Å²) in [6.07, 6.45) is 4.09. The van der Waals surface area contributed by atoms with Gasteiger partial charge in [0.15, 0.2) is 0 Å². The lowest BCUT2D eigenvalue weighted by Gasteiger charge is -2.42. The molecule has 2 saturated carbocycles. The number of alkyl halides is 3. The third kappa shape index (κ3) is 6.02. The first-order chi connectivity index (χ1) is 17.5. The average molecular weight is 529 g/mol. The molecular formula is C28H27F7O2. The predicted molar refractivity (Wildman–Crippen MR) is 123 cm³/mol. The fourth-order valence-corrected chi connectivity index (χ4v) is 6.00. The second-order valence-corrected chi connectivity index (χ2v) is 10.1. The van der Waals surface area contributed by atoms with Crippen molar-refractivity contribution in [1.29, 1.82) is 0 Å². The van der Waals surface area contributed by atoms with Crippen LogP contribution in [0.4, 0.5) is 30.7 Å². The van der Waals surface area contributed by atoms with Crippen LogP contribution in [0.15, 0.2) is 36.9 Å². The van der Waals surface area contributed by atoms with Gasteiger partial charge in [0.25, 0.3) is 0 Å².